The highest BCUT2D eigenvalue weighted by atomic mass is 16.5. The predicted molar refractivity (Wildman–Crippen MR) is 146 cm³/mol. The first-order valence-electron chi connectivity index (χ1n) is 13.6. The van der Waals surface area contributed by atoms with Crippen LogP contribution in [0.15, 0.2) is 53.3 Å². The lowest BCUT2D eigenvalue weighted by molar-refractivity contribution is 0.0840. The lowest BCUT2D eigenvalue weighted by Gasteiger charge is -2.38. The van der Waals surface area contributed by atoms with Crippen molar-refractivity contribution >= 4 is 10.9 Å². The van der Waals surface area contributed by atoms with Gasteiger partial charge in [-0.1, -0.05) is 42.5 Å². The normalized spacial score (nSPS) is 19.8. The van der Waals surface area contributed by atoms with Crippen LogP contribution in [-0.2, 0) is 17.8 Å². The molecule has 9 heteroatoms. The number of tetrazole rings is 1. The van der Waals surface area contributed by atoms with E-state index in [1.807, 2.05) is 10.7 Å². The smallest absolute Gasteiger partial charge is 0.253 e. The number of aromatic amines is 1. The Labute approximate surface area is 222 Å². The molecule has 2 saturated heterocycles. The molecule has 9 nitrogen and oxygen atoms in total. The summed E-state index contributed by atoms with van der Waals surface area (Å²) < 4.78 is 7.73. The number of aromatic nitrogens is 5. The maximum Gasteiger partial charge on any atom is 0.253 e. The van der Waals surface area contributed by atoms with Crippen LogP contribution >= 0.6 is 0 Å². The van der Waals surface area contributed by atoms with E-state index in [9.17, 15) is 4.79 Å². The summed E-state index contributed by atoms with van der Waals surface area (Å²) in [5.74, 6) is 0.700. The number of benzene rings is 2. The third kappa shape index (κ3) is 5.01. The van der Waals surface area contributed by atoms with Gasteiger partial charge in [0.2, 0.25) is 0 Å². The van der Waals surface area contributed by atoms with Gasteiger partial charge in [0.05, 0.1) is 18.2 Å². The Balaban J connectivity index is 1.34. The van der Waals surface area contributed by atoms with Crippen molar-refractivity contribution in [1.29, 1.82) is 0 Å². The zero-order valence-electron chi connectivity index (χ0n) is 22.1. The Morgan fingerprint density at radius 1 is 1.08 bits per heavy atom. The van der Waals surface area contributed by atoms with Crippen LogP contribution in [0.4, 0.5) is 0 Å². The third-order valence-corrected chi connectivity index (χ3v) is 8.10. The molecule has 38 heavy (non-hydrogen) atoms. The van der Waals surface area contributed by atoms with Crippen LogP contribution in [0, 0.1) is 13.8 Å². The first-order valence-corrected chi connectivity index (χ1v) is 13.6. The lowest BCUT2D eigenvalue weighted by atomic mass is 9.99. The molecular weight excluding hydrogens is 478 g/mol. The number of hydrogen-bond donors (Lipinski definition) is 1. The minimum Gasteiger partial charge on any atom is -0.376 e. The molecule has 2 aromatic heterocycles. The zero-order chi connectivity index (χ0) is 26.1. The Hall–Kier alpha value is -3.40. The van der Waals surface area contributed by atoms with E-state index in [4.69, 9.17) is 4.74 Å². The number of nitrogens with one attached hydrogen (secondary N) is 1. The fraction of sp³-hybridized carbons (Fsp3) is 0.448. The van der Waals surface area contributed by atoms with Crippen LogP contribution in [0.1, 0.15) is 47.0 Å². The highest BCUT2D eigenvalue weighted by Crippen LogP contribution is 2.29. The summed E-state index contributed by atoms with van der Waals surface area (Å²) in [6, 6.07) is 16.5. The Morgan fingerprint density at radius 3 is 2.66 bits per heavy atom. The standard InChI is InChI=1S/C29H35N7O2/c1-20-10-11-23-17-25(29(37)30-26(23)21(20)2)27(28-31-32-33-36(28)19-24-9-6-16-38-24)35-14-12-34(13-15-35)18-22-7-4-3-5-8-22/h3-5,7-8,10-11,17,24,27H,6,9,12-16,18-19H2,1-2H3,(H,30,37). The van der Waals surface area contributed by atoms with Crippen molar-refractivity contribution in [2.45, 2.75) is 51.9 Å². The van der Waals surface area contributed by atoms with Crippen LogP contribution in [0.3, 0.4) is 0 Å². The van der Waals surface area contributed by atoms with Crippen molar-refractivity contribution < 1.29 is 4.74 Å². The molecule has 0 saturated carbocycles. The molecular formula is C29H35N7O2. The maximum absolute atomic E-state index is 13.6. The van der Waals surface area contributed by atoms with Gasteiger partial charge in [-0.2, -0.15) is 0 Å². The van der Waals surface area contributed by atoms with Gasteiger partial charge >= 0.3 is 0 Å². The van der Waals surface area contributed by atoms with E-state index in [0.29, 0.717) is 17.9 Å². The van der Waals surface area contributed by atoms with Gasteiger partial charge in [0.15, 0.2) is 5.82 Å². The molecule has 4 heterocycles. The summed E-state index contributed by atoms with van der Waals surface area (Å²) in [5, 5.41) is 13.9. The number of hydrogen-bond acceptors (Lipinski definition) is 7. The average molecular weight is 514 g/mol. The minimum absolute atomic E-state index is 0.0884. The zero-order valence-corrected chi connectivity index (χ0v) is 22.1. The summed E-state index contributed by atoms with van der Waals surface area (Å²) in [6.45, 7) is 9.85. The Kier molecular flexibility index (Phi) is 7.06. The first kappa shape index (κ1) is 24.9. The number of pyridine rings is 1. The van der Waals surface area contributed by atoms with E-state index in [1.54, 1.807) is 0 Å². The molecule has 198 valence electrons. The Bertz CT molecular complexity index is 1450. The van der Waals surface area contributed by atoms with E-state index in [-0.39, 0.29) is 17.7 Å². The van der Waals surface area contributed by atoms with Gasteiger partial charge in [0.25, 0.3) is 5.56 Å². The maximum atomic E-state index is 13.6. The molecule has 0 spiro atoms. The lowest BCUT2D eigenvalue weighted by Crippen LogP contribution is -2.48. The van der Waals surface area contributed by atoms with Crippen molar-refractivity contribution in [3.8, 4) is 0 Å². The molecule has 4 aromatic rings. The van der Waals surface area contributed by atoms with Gasteiger partial charge in [-0.15, -0.1) is 5.10 Å². The van der Waals surface area contributed by atoms with E-state index in [0.717, 1.165) is 74.2 Å². The fourth-order valence-electron chi connectivity index (χ4n) is 5.78. The van der Waals surface area contributed by atoms with Crippen LogP contribution < -0.4 is 5.56 Å². The second-order valence-corrected chi connectivity index (χ2v) is 10.6. The molecule has 0 bridgehead atoms. The van der Waals surface area contributed by atoms with Gasteiger partial charge in [-0.25, -0.2) is 4.68 Å². The molecule has 6 rings (SSSR count). The molecule has 2 aliphatic rings. The van der Waals surface area contributed by atoms with Crippen molar-refractivity contribution in [1.82, 2.24) is 35.0 Å². The molecule has 2 aromatic carbocycles. The summed E-state index contributed by atoms with van der Waals surface area (Å²) in [7, 11) is 0. The summed E-state index contributed by atoms with van der Waals surface area (Å²) in [6.07, 6.45) is 2.15. The molecule has 1 N–H and O–H groups in total. The first-order chi connectivity index (χ1) is 18.6. The molecule has 2 atom stereocenters. The average Bonchev–Trinajstić information content (AvgIpc) is 3.62. The van der Waals surface area contributed by atoms with Crippen molar-refractivity contribution in [2.24, 2.45) is 0 Å². The van der Waals surface area contributed by atoms with Gasteiger partial charge < -0.3 is 9.72 Å². The van der Waals surface area contributed by atoms with E-state index in [2.05, 4.69) is 86.6 Å². The third-order valence-electron chi connectivity index (χ3n) is 8.10. The van der Waals surface area contributed by atoms with Gasteiger partial charge in [0, 0.05) is 44.9 Å². The second-order valence-electron chi connectivity index (χ2n) is 10.6. The van der Waals surface area contributed by atoms with Crippen LogP contribution in [0.5, 0.6) is 0 Å². The molecule has 0 radical (unpaired) electrons. The highest BCUT2D eigenvalue weighted by Gasteiger charge is 2.33. The summed E-state index contributed by atoms with van der Waals surface area (Å²) in [5.41, 5.74) is 5.06. The van der Waals surface area contributed by atoms with Gasteiger partial charge in [0.1, 0.15) is 6.04 Å². The molecule has 2 unspecified atom stereocenters. The number of rotatable bonds is 7. The number of aryl methyl sites for hydroxylation is 2. The summed E-state index contributed by atoms with van der Waals surface area (Å²) >= 11 is 0. The monoisotopic (exact) mass is 513 g/mol. The van der Waals surface area contributed by atoms with Gasteiger partial charge in [-0.3, -0.25) is 14.6 Å². The summed E-state index contributed by atoms with van der Waals surface area (Å²) in [4.78, 5) is 21.7. The molecule has 0 amide bonds. The minimum atomic E-state index is -0.347. The number of piperazine rings is 1. The number of nitrogens with zero attached hydrogens (tertiary/aromatic N) is 6. The van der Waals surface area contributed by atoms with Crippen LogP contribution in [0.25, 0.3) is 10.9 Å². The van der Waals surface area contributed by atoms with E-state index < -0.39 is 0 Å². The van der Waals surface area contributed by atoms with Crippen molar-refractivity contribution in [3.63, 3.8) is 0 Å². The molecule has 0 aliphatic carbocycles. The quantitative estimate of drug-likeness (QED) is 0.406. The second kappa shape index (κ2) is 10.8. The number of fused-ring (bicyclic) bond motifs is 1. The SMILES string of the molecule is Cc1ccc2cc(C(c3nnnn3CC3CCCO3)N3CCN(Cc4ccccc4)CC3)c(=O)[nH]c2c1C. The van der Waals surface area contributed by atoms with Crippen LogP contribution in [-0.4, -0.2) is 73.9 Å². The van der Waals surface area contributed by atoms with Gasteiger partial charge in [-0.05, 0) is 65.3 Å². The van der Waals surface area contributed by atoms with Crippen molar-refractivity contribution in [2.75, 3.05) is 32.8 Å². The molecule has 2 aliphatic heterocycles. The van der Waals surface area contributed by atoms with Crippen molar-refractivity contribution in [3.05, 3.63) is 87.0 Å². The van der Waals surface area contributed by atoms with E-state index in [1.165, 1.54) is 5.56 Å². The highest BCUT2D eigenvalue weighted by molar-refractivity contribution is 5.83. The van der Waals surface area contributed by atoms with Crippen LogP contribution in [0.2, 0.25) is 0 Å². The fourth-order valence-corrected chi connectivity index (χ4v) is 5.78. The Morgan fingerprint density at radius 2 is 1.89 bits per heavy atom. The largest absolute Gasteiger partial charge is 0.376 e. The molecule has 2 fully saturated rings. The number of H-pyrrole nitrogens is 1. The topological polar surface area (TPSA) is 92.2 Å². The predicted octanol–water partition coefficient (Wildman–Crippen LogP) is 3.22. The van der Waals surface area contributed by atoms with E-state index >= 15 is 0 Å². The number of ether oxygens (including phenoxy) is 1.